The number of rotatable bonds is 3. The first-order valence-corrected chi connectivity index (χ1v) is 7.14. The number of hydrogen-bond acceptors (Lipinski definition) is 5. The van der Waals surface area contributed by atoms with Crippen molar-refractivity contribution in [3.05, 3.63) is 52.4 Å². The topological polar surface area (TPSA) is 79.2 Å². The van der Waals surface area contributed by atoms with E-state index >= 15 is 0 Å². The molecule has 21 heavy (non-hydrogen) atoms. The zero-order valence-corrected chi connectivity index (χ0v) is 11.6. The summed E-state index contributed by atoms with van der Waals surface area (Å²) in [7, 11) is 0. The van der Waals surface area contributed by atoms with Crippen molar-refractivity contribution < 1.29 is 14.3 Å². The highest BCUT2D eigenvalue weighted by Gasteiger charge is 2.32. The normalized spacial score (nSPS) is 16.0. The van der Waals surface area contributed by atoms with Crippen LogP contribution in [0, 0.1) is 11.3 Å². The van der Waals surface area contributed by atoms with E-state index in [0.29, 0.717) is 16.1 Å². The van der Waals surface area contributed by atoms with E-state index in [9.17, 15) is 9.59 Å². The van der Waals surface area contributed by atoms with Crippen molar-refractivity contribution in [1.82, 2.24) is 0 Å². The number of fused-ring (bicyclic) bond motifs is 1. The molecule has 5 nitrogen and oxygen atoms in total. The van der Waals surface area contributed by atoms with Crippen LogP contribution >= 0.6 is 11.3 Å². The fraction of sp³-hybridized carbons (Fsp3) is 0.133. The molecule has 6 heteroatoms. The van der Waals surface area contributed by atoms with Crippen LogP contribution in [0.5, 0.6) is 0 Å². The van der Waals surface area contributed by atoms with Gasteiger partial charge in [-0.15, -0.1) is 11.3 Å². The van der Waals surface area contributed by atoms with E-state index in [0.717, 1.165) is 5.56 Å². The fourth-order valence-corrected chi connectivity index (χ4v) is 2.97. The lowest BCUT2D eigenvalue weighted by Gasteiger charge is -2.10. The van der Waals surface area contributed by atoms with Crippen LogP contribution < -0.4 is 5.32 Å². The quantitative estimate of drug-likeness (QED) is 0.884. The van der Waals surface area contributed by atoms with Crippen LogP contribution in [-0.2, 0) is 9.53 Å². The number of nitriles is 1. The second-order valence-electron chi connectivity index (χ2n) is 4.51. The average molecular weight is 298 g/mol. The van der Waals surface area contributed by atoms with Crippen molar-refractivity contribution in [2.45, 2.75) is 12.5 Å². The molecule has 1 aromatic carbocycles. The maximum absolute atomic E-state index is 12.0. The third-order valence-corrected chi connectivity index (χ3v) is 4.02. The number of thiophene rings is 1. The molecule has 2 heterocycles. The number of benzene rings is 1. The van der Waals surface area contributed by atoms with Crippen molar-refractivity contribution in [1.29, 1.82) is 5.26 Å². The number of hydrogen-bond donors (Lipinski definition) is 1. The van der Waals surface area contributed by atoms with Gasteiger partial charge < -0.3 is 10.1 Å². The molecule has 0 fully saturated rings. The molecule has 1 aliphatic heterocycles. The molecule has 0 bridgehead atoms. The summed E-state index contributed by atoms with van der Waals surface area (Å²) in [6.45, 7) is 0. The Balaban J connectivity index is 1.72. The third kappa shape index (κ3) is 2.51. The zero-order chi connectivity index (χ0) is 14.8. The van der Waals surface area contributed by atoms with Gasteiger partial charge in [0, 0.05) is 5.56 Å². The van der Waals surface area contributed by atoms with Crippen molar-refractivity contribution in [3.63, 3.8) is 0 Å². The molecule has 1 amide bonds. The summed E-state index contributed by atoms with van der Waals surface area (Å²) in [5, 5.41) is 13.8. The second kappa shape index (κ2) is 5.38. The zero-order valence-electron chi connectivity index (χ0n) is 10.8. The summed E-state index contributed by atoms with van der Waals surface area (Å²) >= 11 is 1.28. The van der Waals surface area contributed by atoms with Crippen LogP contribution in [0.15, 0.2) is 35.7 Å². The number of nitrogens with zero attached hydrogens (tertiary/aromatic N) is 1. The summed E-state index contributed by atoms with van der Waals surface area (Å²) in [5.74, 6) is -0.694. The predicted octanol–water partition coefficient (Wildman–Crippen LogP) is 2.86. The number of cyclic esters (lactones) is 1. The van der Waals surface area contributed by atoms with Gasteiger partial charge in [-0.1, -0.05) is 18.2 Å². The minimum atomic E-state index is -0.570. The Labute approximate surface area is 124 Å². The highest BCUT2D eigenvalue weighted by Crippen LogP contribution is 2.33. The number of ether oxygens (including phenoxy) is 1. The van der Waals surface area contributed by atoms with Gasteiger partial charge in [0.05, 0.1) is 17.5 Å². The monoisotopic (exact) mass is 298 g/mol. The molecule has 104 valence electrons. The van der Waals surface area contributed by atoms with Gasteiger partial charge in [-0.2, -0.15) is 5.26 Å². The van der Waals surface area contributed by atoms with E-state index in [1.807, 2.05) is 6.07 Å². The Morgan fingerprint density at radius 2 is 2.19 bits per heavy atom. The lowest BCUT2D eigenvalue weighted by atomic mass is 10.0. The van der Waals surface area contributed by atoms with Gasteiger partial charge in [0.15, 0.2) is 0 Å². The lowest BCUT2D eigenvalue weighted by molar-refractivity contribution is -0.118. The standard InChI is InChI=1S/C15H10N2O3S/c16-8-9-5-6-21-14(9)17-13(18)7-12-10-3-1-2-4-11(10)15(19)20-12/h1-6,12H,7H2,(H,17,18)/t12-/m0/s1. The van der Waals surface area contributed by atoms with Crippen molar-refractivity contribution in [2.24, 2.45) is 0 Å². The van der Waals surface area contributed by atoms with Crippen LogP contribution in [0.3, 0.4) is 0 Å². The largest absolute Gasteiger partial charge is 0.453 e. The van der Waals surface area contributed by atoms with E-state index in [2.05, 4.69) is 5.32 Å². The van der Waals surface area contributed by atoms with Crippen molar-refractivity contribution in [3.8, 4) is 6.07 Å². The molecule has 1 aromatic heterocycles. The maximum Gasteiger partial charge on any atom is 0.339 e. The Morgan fingerprint density at radius 1 is 1.38 bits per heavy atom. The Hall–Kier alpha value is -2.65. The first kappa shape index (κ1) is 13.3. The number of carbonyl (C=O) groups excluding carboxylic acids is 2. The van der Waals surface area contributed by atoms with Gasteiger partial charge in [0.1, 0.15) is 17.2 Å². The number of nitrogens with one attached hydrogen (secondary N) is 1. The SMILES string of the molecule is N#Cc1ccsc1NC(=O)C[C@@H]1OC(=O)c2ccccc21. The smallest absolute Gasteiger partial charge is 0.339 e. The van der Waals surface area contributed by atoms with E-state index in [1.165, 1.54) is 11.3 Å². The summed E-state index contributed by atoms with van der Waals surface area (Å²) in [6, 6.07) is 10.7. The molecule has 0 radical (unpaired) electrons. The highest BCUT2D eigenvalue weighted by atomic mass is 32.1. The molecule has 0 saturated heterocycles. The van der Waals surface area contributed by atoms with Gasteiger partial charge in [-0.05, 0) is 17.5 Å². The van der Waals surface area contributed by atoms with E-state index in [-0.39, 0.29) is 12.3 Å². The van der Waals surface area contributed by atoms with Crippen LogP contribution in [0.25, 0.3) is 0 Å². The molecule has 3 rings (SSSR count). The molecule has 1 N–H and O–H groups in total. The lowest BCUT2D eigenvalue weighted by Crippen LogP contribution is -2.15. The molecule has 0 saturated carbocycles. The van der Waals surface area contributed by atoms with E-state index in [4.69, 9.17) is 10.00 Å². The molecule has 2 aromatic rings. The molecule has 0 unspecified atom stereocenters. The van der Waals surface area contributed by atoms with E-state index < -0.39 is 12.1 Å². The van der Waals surface area contributed by atoms with Crippen LogP contribution in [0.1, 0.15) is 34.0 Å². The first-order valence-electron chi connectivity index (χ1n) is 6.26. The number of anilines is 1. The number of esters is 1. The number of carbonyl (C=O) groups is 2. The Kier molecular flexibility index (Phi) is 3.42. The molecule has 1 atom stereocenters. The molecule has 1 aliphatic rings. The first-order chi connectivity index (χ1) is 10.2. The summed E-state index contributed by atoms with van der Waals surface area (Å²) < 4.78 is 5.22. The summed E-state index contributed by atoms with van der Waals surface area (Å²) in [4.78, 5) is 23.7. The van der Waals surface area contributed by atoms with Crippen LogP contribution in [-0.4, -0.2) is 11.9 Å². The molecule has 0 aliphatic carbocycles. The van der Waals surface area contributed by atoms with Crippen molar-refractivity contribution >= 4 is 28.2 Å². The van der Waals surface area contributed by atoms with Crippen molar-refractivity contribution in [2.75, 3.05) is 5.32 Å². The average Bonchev–Trinajstić information content (AvgIpc) is 3.05. The second-order valence-corrected chi connectivity index (χ2v) is 5.42. The molecule has 0 spiro atoms. The minimum Gasteiger partial charge on any atom is -0.453 e. The number of amides is 1. The van der Waals surface area contributed by atoms with Crippen LogP contribution in [0.4, 0.5) is 5.00 Å². The highest BCUT2D eigenvalue weighted by molar-refractivity contribution is 7.14. The predicted molar refractivity (Wildman–Crippen MR) is 76.9 cm³/mol. The van der Waals surface area contributed by atoms with Gasteiger partial charge in [-0.25, -0.2) is 4.79 Å². The minimum absolute atomic E-state index is 0.0333. The molecular formula is C15H10N2O3S. The van der Waals surface area contributed by atoms with Gasteiger partial charge in [0.25, 0.3) is 0 Å². The maximum atomic E-state index is 12.0. The van der Waals surface area contributed by atoms with Gasteiger partial charge in [0.2, 0.25) is 5.91 Å². The summed E-state index contributed by atoms with van der Waals surface area (Å²) in [5.41, 5.74) is 1.66. The third-order valence-electron chi connectivity index (χ3n) is 3.19. The fourth-order valence-electron chi connectivity index (χ4n) is 2.21. The summed E-state index contributed by atoms with van der Waals surface area (Å²) in [6.07, 6.45) is -0.537. The van der Waals surface area contributed by atoms with Gasteiger partial charge >= 0.3 is 5.97 Å². The van der Waals surface area contributed by atoms with Gasteiger partial charge in [-0.3, -0.25) is 4.79 Å². The van der Waals surface area contributed by atoms with E-state index in [1.54, 1.807) is 35.7 Å². The Bertz CT molecular complexity index is 760. The molecular weight excluding hydrogens is 288 g/mol. The Morgan fingerprint density at radius 3 is 3.00 bits per heavy atom. The van der Waals surface area contributed by atoms with Crippen LogP contribution in [0.2, 0.25) is 0 Å².